The minimum Gasteiger partial charge on any atom is -0.385 e. The third kappa shape index (κ3) is 4.41. The number of carbonyl (C=O) groups excluding carboxylic acids is 2. The van der Waals surface area contributed by atoms with E-state index in [9.17, 15) is 19.7 Å². The third-order valence-corrected chi connectivity index (χ3v) is 3.88. The highest BCUT2D eigenvalue weighted by atomic mass is 16.6. The first-order valence-corrected chi connectivity index (χ1v) is 7.56. The van der Waals surface area contributed by atoms with Gasteiger partial charge in [-0.3, -0.25) is 19.7 Å². The van der Waals surface area contributed by atoms with Crippen LogP contribution in [0.1, 0.15) is 25.7 Å². The van der Waals surface area contributed by atoms with Crippen LogP contribution in [0.15, 0.2) is 24.3 Å². The summed E-state index contributed by atoms with van der Waals surface area (Å²) in [4.78, 5) is 35.1. The van der Waals surface area contributed by atoms with Gasteiger partial charge in [0.25, 0.3) is 5.69 Å². The quantitative estimate of drug-likeness (QED) is 0.445. The highest BCUT2D eigenvalue weighted by molar-refractivity contribution is 5.87. The number of non-ortho nitro benzene ring substituents is 1. The van der Waals surface area contributed by atoms with Crippen molar-refractivity contribution in [3.8, 4) is 0 Å². The number of nitro groups is 1. The normalized spacial score (nSPS) is 17.0. The van der Waals surface area contributed by atoms with Crippen LogP contribution in [0.3, 0.4) is 0 Å². The Kier molecular flexibility index (Phi) is 5.51. The van der Waals surface area contributed by atoms with E-state index < -0.39 is 16.9 Å². The smallest absolute Gasteiger partial charge is 0.269 e. The van der Waals surface area contributed by atoms with Crippen molar-refractivity contribution in [3.63, 3.8) is 0 Å². The molecule has 2 amide bonds. The maximum Gasteiger partial charge on any atom is 0.269 e. The Labute approximate surface area is 133 Å². The minimum absolute atomic E-state index is 0.0391. The topological polar surface area (TPSA) is 119 Å². The van der Waals surface area contributed by atoms with Crippen molar-refractivity contribution in [1.82, 2.24) is 4.90 Å². The van der Waals surface area contributed by atoms with Gasteiger partial charge in [0.1, 0.15) is 6.04 Å². The fraction of sp³-hybridized carbons (Fsp3) is 0.467. The highest BCUT2D eigenvalue weighted by Crippen LogP contribution is 2.19. The van der Waals surface area contributed by atoms with Gasteiger partial charge in [-0.15, -0.1) is 0 Å². The van der Waals surface area contributed by atoms with E-state index in [4.69, 9.17) is 5.73 Å². The lowest BCUT2D eigenvalue weighted by molar-refractivity contribution is -0.384. The second-order valence-corrected chi connectivity index (χ2v) is 5.48. The molecule has 1 saturated heterocycles. The van der Waals surface area contributed by atoms with Crippen molar-refractivity contribution in [3.05, 3.63) is 34.4 Å². The summed E-state index contributed by atoms with van der Waals surface area (Å²) in [7, 11) is 0. The standard InChI is InChI=1S/C15H20N4O4/c16-15(21)13-3-2-10-18(13)14(20)4-1-9-17-11-5-7-12(8-6-11)19(22)23/h5-8,13,17H,1-4,9-10H2,(H2,16,21)/t13-/m0/s1. The number of nitrogens with zero attached hydrogens (tertiary/aromatic N) is 2. The van der Waals surface area contributed by atoms with Gasteiger partial charge in [-0.25, -0.2) is 0 Å². The highest BCUT2D eigenvalue weighted by Gasteiger charge is 2.31. The summed E-state index contributed by atoms with van der Waals surface area (Å²) in [6.07, 6.45) is 2.39. The van der Waals surface area contributed by atoms with E-state index in [1.165, 1.54) is 12.1 Å². The molecule has 0 aliphatic carbocycles. The largest absolute Gasteiger partial charge is 0.385 e. The van der Waals surface area contributed by atoms with Crippen LogP contribution in [0, 0.1) is 10.1 Å². The molecule has 2 rings (SSSR count). The molecule has 1 aromatic carbocycles. The summed E-state index contributed by atoms with van der Waals surface area (Å²) in [5, 5.41) is 13.7. The van der Waals surface area contributed by atoms with Crippen LogP contribution in [0.4, 0.5) is 11.4 Å². The number of primary amides is 1. The van der Waals surface area contributed by atoms with Gasteiger partial charge in [-0.2, -0.15) is 0 Å². The first kappa shape index (κ1) is 16.7. The predicted octanol–water partition coefficient (Wildman–Crippen LogP) is 1.26. The number of nitrogens with two attached hydrogens (primary N) is 1. The summed E-state index contributed by atoms with van der Waals surface area (Å²) in [6, 6.07) is 5.64. The van der Waals surface area contributed by atoms with Crippen molar-refractivity contribution in [2.75, 3.05) is 18.4 Å². The molecule has 23 heavy (non-hydrogen) atoms. The predicted molar refractivity (Wildman–Crippen MR) is 84.7 cm³/mol. The van der Waals surface area contributed by atoms with Gasteiger partial charge in [0.15, 0.2) is 0 Å². The monoisotopic (exact) mass is 320 g/mol. The van der Waals surface area contributed by atoms with Gasteiger partial charge < -0.3 is 16.0 Å². The maximum absolute atomic E-state index is 12.1. The lowest BCUT2D eigenvalue weighted by Gasteiger charge is -2.22. The van der Waals surface area contributed by atoms with Crippen LogP contribution < -0.4 is 11.1 Å². The zero-order valence-corrected chi connectivity index (χ0v) is 12.7. The Morgan fingerprint density at radius 1 is 1.35 bits per heavy atom. The van der Waals surface area contributed by atoms with Crippen molar-refractivity contribution >= 4 is 23.2 Å². The molecule has 1 heterocycles. The van der Waals surface area contributed by atoms with Crippen molar-refractivity contribution in [2.24, 2.45) is 5.73 Å². The zero-order valence-electron chi connectivity index (χ0n) is 12.7. The van der Waals surface area contributed by atoms with Crippen molar-refractivity contribution in [1.29, 1.82) is 0 Å². The fourth-order valence-electron chi connectivity index (χ4n) is 2.68. The fourth-order valence-corrected chi connectivity index (χ4v) is 2.68. The first-order valence-electron chi connectivity index (χ1n) is 7.56. The summed E-state index contributed by atoms with van der Waals surface area (Å²) in [5.41, 5.74) is 6.10. The molecule has 0 aromatic heterocycles. The molecule has 8 heteroatoms. The van der Waals surface area contributed by atoms with E-state index in [-0.39, 0.29) is 11.6 Å². The van der Waals surface area contributed by atoms with E-state index in [1.54, 1.807) is 17.0 Å². The number of nitro benzene ring substituents is 1. The molecule has 1 aliphatic rings. The molecule has 8 nitrogen and oxygen atoms in total. The molecule has 0 unspecified atom stereocenters. The second kappa shape index (κ2) is 7.57. The molecule has 0 saturated carbocycles. The summed E-state index contributed by atoms with van der Waals surface area (Å²) >= 11 is 0. The van der Waals surface area contributed by atoms with Gasteiger partial charge >= 0.3 is 0 Å². The van der Waals surface area contributed by atoms with E-state index >= 15 is 0 Å². The Bertz CT molecular complexity index is 588. The number of rotatable bonds is 7. The number of nitrogens with one attached hydrogen (secondary N) is 1. The molecule has 1 aromatic rings. The van der Waals surface area contributed by atoms with Gasteiger partial charge in [-0.1, -0.05) is 0 Å². The van der Waals surface area contributed by atoms with Crippen LogP contribution in [0.5, 0.6) is 0 Å². The Morgan fingerprint density at radius 3 is 2.65 bits per heavy atom. The second-order valence-electron chi connectivity index (χ2n) is 5.48. The molecule has 0 bridgehead atoms. The maximum atomic E-state index is 12.1. The average Bonchev–Trinajstić information content (AvgIpc) is 3.01. The van der Waals surface area contributed by atoms with E-state index in [2.05, 4.69) is 5.32 Å². The van der Waals surface area contributed by atoms with Gasteiger partial charge in [0, 0.05) is 37.3 Å². The number of hydrogen-bond donors (Lipinski definition) is 2. The Balaban J connectivity index is 1.73. The van der Waals surface area contributed by atoms with Crippen molar-refractivity contribution < 1.29 is 14.5 Å². The number of amides is 2. The van der Waals surface area contributed by atoms with E-state index in [1.807, 2.05) is 0 Å². The third-order valence-electron chi connectivity index (χ3n) is 3.88. The molecule has 124 valence electrons. The SMILES string of the molecule is NC(=O)[C@@H]1CCCN1C(=O)CCCNc1ccc([N+](=O)[O-])cc1. The molecule has 1 aliphatic heterocycles. The number of hydrogen-bond acceptors (Lipinski definition) is 5. The molecule has 3 N–H and O–H groups in total. The van der Waals surface area contributed by atoms with Gasteiger partial charge in [0.05, 0.1) is 4.92 Å². The number of benzene rings is 1. The lowest BCUT2D eigenvalue weighted by atomic mass is 10.2. The molecule has 0 radical (unpaired) electrons. The Hall–Kier alpha value is -2.64. The Morgan fingerprint density at radius 2 is 2.04 bits per heavy atom. The molecule has 1 atom stereocenters. The van der Waals surface area contributed by atoms with Crippen LogP contribution in [0.25, 0.3) is 0 Å². The van der Waals surface area contributed by atoms with Crippen molar-refractivity contribution in [2.45, 2.75) is 31.7 Å². The van der Waals surface area contributed by atoms with Crippen LogP contribution in [-0.2, 0) is 9.59 Å². The molecule has 0 spiro atoms. The first-order chi connectivity index (χ1) is 11.0. The van der Waals surface area contributed by atoms with Crippen LogP contribution in [-0.4, -0.2) is 40.8 Å². The summed E-state index contributed by atoms with van der Waals surface area (Å²) < 4.78 is 0. The van der Waals surface area contributed by atoms with E-state index in [0.717, 1.165) is 12.1 Å². The number of carbonyl (C=O) groups is 2. The van der Waals surface area contributed by atoms with Crippen LogP contribution in [0.2, 0.25) is 0 Å². The van der Waals surface area contributed by atoms with Gasteiger partial charge in [0.2, 0.25) is 11.8 Å². The number of likely N-dealkylation sites (tertiary alicyclic amines) is 1. The van der Waals surface area contributed by atoms with Gasteiger partial charge in [-0.05, 0) is 31.4 Å². The summed E-state index contributed by atoms with van der Waals surface area (Å²) in [5.74, 6) is -0.503. The van der Waals surface area contributed by atoms with E-state index in [0.29, 0.717) is 32.4 Å². The summed E-state index contributed by atoms with van der Waals surface area (Å²) in [6.45, 7) is 1.15. The molecular weight excluding hydrogens is 300 g/mol. The molecular formula is C15H20N4O4. The lowest BCUT2D eigenvalue weighted by Crippen LogP contribution is -2.43. The number of anilines is 1. The minimum atomic E-state index is -0.467. The van der Waals surface area contributed by atoms with Crippen LogP contribution >= 0.6 is 0 Å². The average molecular weight is 320 g/mol. The zero-order chi connectivity index (χ0) is 16.8. The molecule has 1 fully saturated rings.